The summed E-state index contributed by atoms with van der Waals surface area (Å²) in [5, 5.41) is 7.55. The Morgan fingerprint density at radius 3 is 1.83 bits per heavy atom. The monoisotopic (exact) mass is 765 g/mol. The highest BCUT2D eigenvalue weighted by Gasteiger charge is 2.32. The van der Waals surface area contributed by atoms with Crippen LogP contribution in [0.15, 0.2) is 132 Å². The fraction of sp³-hybridized carbons (Fsp3) is 0.225. The van der Waals surface area contributed by atoms with Gasteiger partial charge in [0.2, 0.25) is 27.6 Å². The molecule has 5 rings (SSSR count). The summed E-state index contributed by atoms with van der Waals surface area (Å²) in [6.45, 7) is 0.234. The largest absolute Gasteiger partial charge is 0.370 e. The minimum absolute atomic E-state index is 0.0246. The van der Waals surface area contributed by atoms with Crippen molar-refractivity contribution in [3.8, 4) is 11.1 Å². The van der Waals surface area contributed by atoms with Gasteiger partial charge in [0, 0.05) is 24.5 Å². The highest BCUT2D eigenvalue weighted by atomic mass is 32.2. The van der Waals surface area contributed by atoms with Gasteiger partial charge in [-0.25, -0.2) is 18.1 Å². The summed E-state index contributed by atoms with van der Waals surface area (Å²) in [6.07, 6.45) is 2.15. The van der Waals surface area contributed by atoms with Crippen LogP contribution in [0, 0.1) is 0 Å². The molecule has 0 bridgehead atoms. The van der Waals surface area contributed by atoms with Crippen LogP contribution < -0.4 is 26.8 Å². The lowest BCUT2D eigenvalue weighted by Gasteiger charge is -2.25. The zero-order valence-corrected chi connectivity index (χ0v) is 31.1. The molecule has 4 aromatic carbocycles. The van der Waals surface area contributed by atoms with Crippen molar-refractivity contribution in [1.82, 2.24) is 20.3 Å². The molecule has 54 heavy (non-hydrogen) atoms. The third kappa shape index (κ3) is 12.2. The number of benzene rings is 4. The van der Waals surface area contributed by atoms with Crippen LogP contribution in [-0.2, 0) is 38.2 Å². The van der Waals surface area contributed by atoms with Crippen LogP contribution in [0.5, 0.6) is 0 Å². The fourth-order valence-corrected chi connectivity index (χ4v) is 7.78. The molecule has 5 aromatic rings. The second-order valence-electron chi connectivity index (χ2n) is 12.6. The molecule has 1 aromatic heterocycles. The van der Waals surface area contributed by atoms with Gasteiger partial charge in [-0.1, -0.05) is 115 Å². The molecule has 0 spiro atoms. The van der Waals surface area contributed by atoms with Crippen molar-refractivity contribution in [2.24, 2.45) is 16.5 Å². The number of hydrogen-bond acceptors (Lipinski definition) is 8. The van der Waals surface area contributed by atoms with Crippen LogP contribution in [0.25, 0.3) is 11.1 Å². The summed E-state index contributed by atoms with van der Waals surface area (Å²) in [4.78, 5) is 50.0. The molecule has 0 saturated heterocycles. The molecular weight excluding hydrogens is 723 g/mol. The van der Waals surface area contributed by atoms with Crippen LogP contribution in [0.2, 0.25) is 0 Å². The van der Waals surface area contributed by atoms with Gasteiger partial charge in [-0.2, -0.15) is 0 Å². The van der Waals surface area contributed by atoms with E-state index in [1.54, 1.807) is 60.0 Å². The molecule has 0 fully saturated rings. The van der Waals surface area contributed by atoms with Crippen molar-refractivity contribution < 1.29 is 22.8 Å². The highest BCUT2D eigenvalue weighted by molar-refractivity contribution is 7.88. The Balaban J connectivity index is 1.42. The van der Waals surface area contributed by atoms with Crippen molar-refractivity contribution >= 4 is 44.9 Å². The average molecular weight is 766 g/mol. The van der Waals surface area contributed by atoms with Gasteiger partial charge in [-0.3, -0.25) is 19.4 Å². The van der Waals surface area contributed by atoms with E-state index in [0.29, 0.717) is 17.5 Å². The Labute approximate surface area is 319 Å². The number of guanidine groups is 1. The maximum absolute atomic E-state index is 14.2. The lowest BCUT2D eigenvalue weighted by Crippen LogP contribution is -2.57. The van der Waals surface area contributed by atoms with Crippen LogP contribution in [-0.4, -0.2) is 61.6 Å². The lowest BCUT2D eigenvalue weighted by atomic mass is 9.99. The number of aromatic nitrogens is 1. The lowest BCUT2D eigenvalue weighted by molar-refractivity contribution is -0.130. The number of hydrogen-bond donors (Lipinski definition) is 5. The number of carbonyl (C=O) groups is 3. The van der Waals surface area contributed by atoms with Gasteiger partial charge in [0.05, 0.1) is 11.8 Å². The molecule has 0 aliphatic heterocycles. The molecule has 3 atom stereocenters. The molecule has 0 aliphatic carbocycles. The number of carbonyl (C=O) groups excluding carboxylic acids is 3. The van der Waals surface area contributed by atoms with Crippen LogP contribution >= 0.6 is 11.3 Å². The molecule has 0 aliphatic rings. The molecular formula is C40H43N7O5S2. The van der Waals surface area contributed by atoms with Gasteiger partial charge in [0.25, 0.3) is 0 Å². The van der Waals surface area contributed by atoms with Gasteiger partial charge in [-0.15, -0.1) is 11.3 Å². The minimum Gasteiger partial charge on any atom is -0.370 e. The van der Waals surface area contributed by atoms with E-state index in [1.807, 2.05) is 60.7 Å². The molecule has 0 radical (unpaired) electrons. The predicted octanol–water partition coefficient (Wildman–Crippen LogP) is 3.99. The van der Waals surface area contributed by atoms with Crippen LogP contribution in [0.4, 0.5) is 0 Å². The zero-order chi connectivity index (χ0) is 38.3. The quantitative estimate of drug-likeness (QED) is 0.0360. The number of rotatable bonds is 19. The van der Waals surface area contributed by atoms with E-state index in [0.717, 1.165) is 28.0 Å². The third-order valence-corrected chi connectivity index (χ3v) is 10.6. The summed E-state index contributed by atoms with van der Waals surface area (Å²) in [5.74, 6) is -2.15. The van der Waals surface area contributed by atoms with E-state index in [9.17, 15) is 22.8 Å². The first-order valence-electron chi connectivity index (χ1n) is 17.4. The number of nitrogens with two attached hydrogens (primary N) is 2. The van der Waals surface area contributed by atoms with Crippen molar-refractivity contribution in [2.45, 2.75) is 49.6 Å². The smallest absolute Gasteiger partial charge is 0.243 e. The van der Waals surface area contributed by atoms with E-state index in [4.69, 9.17) is 11.5 Å². The predicted molar refractivity (Wildman–Crippen MR) is 212 cm³/mol. The topological polar surface area (TPSA) is 199 Å². The number of nitrogens with one attached hydrogen (secondary N) is 3. The Bertz CT molecular complexity index is 2090. The van der Waals surface area contributed by atoms with Gasteiger partial charge >= 0.3 is 0 Å². The maximum Gasteiger partial charge on any atom is 0.243 e. The van der Waals surface area contributed by atoms with E-state index in [-0.39, 0.29) is 42.5 Å². The standard InChI is InChI=1S/C40H43N7O5S2/c41-40(42)44-22-10-17-33(36(48)39-43-23-24-53-39)45-37(49)34(25-29-18-20-32(21-19-29)31-15-8-3-9-16-31)46-38(50)35(26-28-11-4-1-5-12-28)47-54(51,52)27-30-13-6-2-7-14-30/h1-9,11-16,18-21,23-24,33-35,47H,10,17,22,25-27H2,(H,45,49)(H,46,50)(H4,41,42,44)/t33-,34-,35+/m0/s1. The Morgan fingerprint density at radius 1 is 0.685 bits per heavy atom. The van der Waals surface area contributed by atoms with Gasteiger partial charge in [0.15, 0.2) is 11.0 Å². The van der Waals surface area contributed by atoms with E-state index in [2.05, 4.69) is 25.3 Å². The molecule has 14 heteroatoms. The number of aliphatic imine (C=N–C) groups is 1. The maximum atomic E-state index is 14.2. The van der Waals surface area contributed by atoms with Gasteiger partial charge in [-0.05, 0) is 47.1 Å². The zero-order valence-electron chi connectivity index (χ0n) is 29.5. The first-order valence-corrected chi connectivity index (χ1v) is 19.9. The first-order chi connectivity index (χ1) is 26.1. The molecule has 1 heterocycles. The van der Waals surface area contributed by atoms with E-state index >= 15 is 0 Å². The Hall–Kier alpha value is -5.70. The fourth-order valence-electron chi connectivity index (χ4n) is 5.81. The molecule has 0 saturated carbocycles. The number of amides is 2. The van der Waals surface area contributed by atoms with E-state index in [1.165, 1.54) is 6.20 Å². The number of thiazole rings is 1. The number of ketones is 1. The van der Waals surface area contributed by atoms with Crippen LogP contribution in [0.3, 0.4) is 0 Å². The van der Waals surface area contributed by atoms with Crippen molar-refractivity contribution in [3.05, 3.63) is 149 Å². The van der Waals surface area contributed by atoms with Gasteiger partial charge < -0.3 is 22.1 Å². The molecule has 0 unspecified atom stereocenters. The summed E-state index contributed by atoms with van der Waals surface area (Å²) in [5.41, 5.74) is 14.9. The second kappa shape index (κ2) is 19.4. The Kier molecular flexibility index (Phi) is 14.2. The summed E-state index contributed by atoms with van der Waals surface area (Å²) >= 11 is 1.15. The SMILES string of the molecule is NC(N)=NCCC[C@H](NC(=O)[C@H](Cc1ccc(-c2ccccc2)cc1)NC(=O)[C@@H](Cc1ccccc1)NS(=O)(=O)Cc1ccccc1)C(=O)c1nccs1. The first kappa shape index (κ1) is 39.5. The third-order valence-electron chi connectivity index (χ3n) is 8.48. The van der Waals surface area contributed by atoms with Gasteiger partial charge in [0.1, 0.15) is 12.1 Å². The van der Waals surface area contributed by atoms with Crippen molar-refractivity contribution in [2.75, 3.05) is 6.54 Å². The molecule has 12 nitrogen and oxygen atoms in total. The van der Waals surface area contributed by atoms with Crippen molar-refractivity contribution in [3.63, 3.8) is 0 Å². The second-order valence-corrected chi connectivity index (χ2v) is 15.3. The minimum atomic E-state index is -4.01. The molecule has 2 amide bonds. The Morgan fingerprint density at radius 2 is 1.22 bits per heavy atom. The normalized spacial score (nSPS) is 12.9. The molecule has 280 valence electrons. The summed E-state index contributed by atoms with van der Waals surface area (Å²) in [6, 6.07) is 31.6. The summed E-state index contributed by atoms with van der Waals surface area (Å²) < 4.78 is 29.4. The number of sulfonamides is 1. The molecule has 7 N–H and O–H groups in total. The summed E-state index contributed by atoms with van der Waals surface area (Å²) in [7, 11) is -4.01. The van der Waals surface area contributed by atoms with E-state index < -0.39 is 45.7 Å². The van der Waals surface area contributed by atoms with Crippen molar-refractivity contribution in [1.29, 1.82) is 0 Å². The number of Topliss-reactive ketones (excluding diaryl/α,β-unsaturated/α-hetero) is 1. The number of nitrogens with zero attached hydrogens (tertiary/aromatic N) is 2. The average Bonchev–Trinajstić information content (AvgIpc) is 3.72. The highest BCUT2D eigenvalue weighted by Crippen LogP contribution is 2.20. The van der Waals surface area contributed by atoms with Crippen LogP contribution in [0.1, 0.15) is 39.3 Å².